The van der Waals surface area contributed by atoms with E-state index in [1.54, 1.807) is 13.8 Å². The highest BCUT2D eigenvalue weighted by Crippen LogP contribution is 2.22. The molecule has 0 radical (unpaired) electrons. The van der Waals surface area contributed by atoms with E-state index in [0.29, 0.717) is 0 Å². The van der Waals surface area contributed by atoms with Gasteiger partial charge in [0.15, 0.2) is 5.69 Å². The number of carbonyl (C=O) groups is 1. The Morgan fingerprint density at radius 2 is 2.17 bits per heavy atom. The first-order valence-corrected chi connectivity index (χ1v) is 5.42. The summed E-state index contributed by atoms with van der Waals surface area (Å²) in [7, 11) is 1.45. The zero-order valence-corrected chi connectivity index (χ0v) is 10.4. The predicted molar refractivity (Wildman–Crippen MR) is 57.4 cm³/mol. The quantitative estimate of drug-likeness (QED) is 0.726. The summed E-state index contributed by atoms with van der Waals surface area (Å²) in [5.74, 6) is -0.899. The van der Waals surface area contributed by atoms with Crippen LogP contribution in [-0.2, 0) is 16.0 Å². The van der Waals surface area contributed by atoms with Gasteiger partial charge >= 0.3 is 5.97 Å². The SMILES string of the molecule is CCOC(=O)c1nnn(CC(C)OC)c1C(F)F. The minimum Gasteiger partial charge on any atom is -0.461 e. The highest BCUT2D eigenvalue weighted by Gasteiger charge is 2.27. The lowest BCUT2D eigenvalue weighted by atomic mass is 10.3. The number of hydrogen-bond donors (Lipinski definition) is 0. The average molecular weight is 263 g/mol. The van der Waals surface area contributed by atoms with Crippen LogP contribution < -0.4 is 0 Å². The largest absolute Gasteiger partial charge is 0.461 e. The summed E-state index contributed by atoms with van der Waals surface area (Å²) in [4.78, 5) is 11.4. The molecule has 6 nitrogen and oxygen atoms in total. The average Bonchev–Trinajstić information content (AvgIpc) is 2.73. The molecule has 1 unspecified atom stereocenters. The monoisotopic (exact) mass is 263 g/mol. The number of ether oxygens (including phenoxy) is 2. The number of aromatic nitrogens is 3. The van der Waals surface area contributed by atoms with Gasteiger partial charge in [-0.25, -0.2) is 18.3 Å². The van der Waals surface area contributed by atoms with Crippen LogP contribution in [0.1, 0.15) is 36.5 Å². The summed E-state index contributed by atoms with van der Waals surface area (Å²) in [5.41, 5.74) is -0.993. The molecule has 0 fully saturated rings. The molecule has 1 atom stereocenters. The van der Waals surface area contributed by atoms with Crippen LogP contribution in [0.3, 0.4) is 0 Å². The van der Waals surface area contributed by atoms with Crippen LogP contribution in [-0.4, -0.2) is 40.8 Å². The summed E-state index contributed by atoms with van der Waals surface area (Å²) < 4.78 is 36.4. The smallest absolute Gasteiger partial charge is 0.361 e. The third-order valence-electron chi connectivity index (χ3n) is 2.28. The van der Waals surface area contributed by atoms with Crippen molar-refractivity contribution in [2.75, 3.05) is 13.7 Å². The molecule has 0 N–H and O–H groups in total. The van der Waals surface area contributed by atoms with Crippen molar-refractivity contribution in [1.29, 1.82) is 0 Å². The maximum Gasteiger partial charge on any atom is 0.361 e. The van der Waals surface area contributed by atoms with E-state index < -0.39 is 23.8 Å². The zero-order valence-electron chi connectivity index (χ0n) is 10.4. The van der Waals surface area contributed by atoms with E-state index in [2.05, 4.69) is 15.0 Å². The lowest BCUT2D eigenvalue weighted by molar-refractivity contribution is 0.0504. The minimum absolute atomic E-state index is 0.0859. The second kappa shape index (κ2) is 6.39. The number of nitrogens with zero attached hydrogens (tertiary/aromatic N) is 3. The summed E-state index contributed by atoms with van der Waals surface area (Å²) in [6, 6.07) is 0. The van der Waals surface area contributed by atoms with E-state index >= 15 is 0 Å². The van der Waals surface area contributed by atoms with E-state index in [0.717, 1.165) is 4.68 Å². The lowest BCUT2D eigenvalue weighted by Gasteiger charge is -2.11. The first-order chi connectivity index (χ1) is 8.51. The molecule has 102 valence electrons. The fourth-order valence-corrected chi connectivity index (χ4v) is 1.33. The van der Waals surface area contributed by atoms with Gasteiger partial charge in [0, 0.05) is 7.11 Å². The van der Waals surface area contributed by atoms with Gasteiger partial charge in [-0.2, -0.15) is 0 Å². The van der Waals surface area contributed by atoms with Crippen LogP contribution in [0.2, 0.25) is 0 Å². The first-order valence-electron chi connectivity index (χ1n) is 5.42. The molecule has 0 aliphatic heterocycles. The third kappa shape index (κ3) is 3.22. The molecule has 18 heavy (non-hydrogen) atoms. The Balaban J connectivity index is 3.03. The van der Waals surface area contributed by atoms with Crippen LogP contribution in [0.4, 0.5) is 8.78 Å². The summed E-state index contributed by atoms with van der Waals surface area (Å²) >= 11 is 0. The number of rotatable bonds is 6. The zero-order chi connectivity index (χ0) is 13.7. The van der Waals surface area contributed by atoms with Crippen LogP contribution in [0.25, 0.3) is 0 Å². The van der Waals surface area contributed by atoms with Gasteiger partial charge in [-0.1, -0.05) is 5.21 Å². The fourth-order valence-electron chi connectivity index (χ4n) is 1.33. The van der Waals surface area contributed by atoms with Gasteiger partial charge in [0.05, 0.1) is 19.3 Å². The van der Waals surface area contributed by atoms with Crippen molar-refractivity contribution in [2.24, 2.45) is 0 Å². The van der Waals surface area contributed by atoms with Gasteiger partial charge < -0.3 is 9.47 Å². The Hall–Kier alpha value is -1.57. The van der Waals surface area contributed by atoms with Crippen molar-refractivity contribution in [3.8, 4) is 0 Å². The van der Waals surface area contributed by atoms with Crippen molar-refractivity contribution in [3.05, 3.63) is 11.4 Å². The number of methoxy groups -OCH3 is 1. The molecular formula is C10H15F2N3O3. The number of hydrogen-bond acceptors (Lipinski definition) is 5. The highest BCUT2D eigenvalue weighted by molar-refractivity contribution is 5.88. The highest BCUT2D eigenvalue weighted by atomic mass is 19.3. The van der Waals surface area contributed by atoms with Crippen LogP contribution in [0.5, 0.6) is 0 Å². The Morgan fingerprint density at radius 1 is 1.50 bits per heavy atom. The molecule has 0 aliphatic rings. The standard InChI is InChI=1S/C10H15F2N3O3/c1-4-18-10(16)7-8(9(11)12)15(14-13-7)5-6(2)17-3/h6,9H,4-5H2,1-3H3. The molecule has 1 heterocycles. The number of halogens is 2. The molecule has 0 aliphatic carbocycles. The minimum atomic E-state index is -2.86. The van der Waals surface area contributed by atoms with Gasteiger partial charge in [-0.3, -0.25) is 0 Å². The van der Waals surface area contributed by atoms with Gasteiger partial charge in [0.1, 0.15) is 5.69 Å². The van der Waals surface area contributed by atoms with Crippen molar-refractivity contribution < 1.29 is 23.0 Å². The summed E-state index contributed by atoms with van der Waals surface area (Å²) in [6.07, 6.45) is -3.18. The molecule has 0 saturated carbocycles. The molecule has 0 amide bonds. The van der Waals surface area contributed by atoms with E-state index in [1.807, 2.05) is 0 Å². The third-order valence-corrected chi connectivity index (χ3v) is 2.28. The normalized spacial score (nSPS) is 12.8. The molecular weight excluding hydrogens is 248 g/mol. The summed E-state index contributed by atoms with van der Waals surface area (Å²) in [5, 5.41) is 6.98. The molecule has 0 saturated heterocycles. The van der Waals surface area contributed by atoms with E-state index in [1.165, 1.54) is 7.11 Å². The topological polar surface area (TPSA) is 66.2 Å². The van der Waals surface area contributed by atoms with Gasteiger partial charge in [-0.05, 0) is 13.8 Å². The molecule has 1 aromatic heterocycles. The Bertz CT molecular complexity index is 409. The molecule has 1 aromatic rings. The van der Waals surface area contributed by atoms with Crippen molar-refractivity contribution in [3.63, 3.8) is 0 Å². The number of carbonyl (C=O) groups excluding carboxylic acids is 1. The van der Waals surface area contributed by atoms with E-state index in [9.17, 15) is 13.6 Å². The first kappa shape index (κ1) is 14.5. The summed E-state index contributed by atoms with van der Waals surface area (Å²) in [6.45, 7) is 3.45. The van der Waals surface area contributed by atoms with Crippen molar-refractivity contribution >= 4 is 5.97 Å². The Morgan fingerprint density at radius 3 is 2.67 bits per heavy atom. The number of esters is 1. The van der Waals surface area contributed by atoms with Crippen molar-refractivity contribution in [2.45, 2.75) is 32.9 Å². The second-order valence-electron chi connectivity index (χ2n) is 3.57. The molecule has 0 spiro atoms. The molecule has 0 aromatic carbocycles. The Kier molecular flexibility index (Phi) is 5.14. The second-order valence-corrected chi connectivity index (χ2v) is 3.57. The maximum atomic E-state index is 12.9. The van der Waals surface area contributed by atoms with Crippen LogP contribution >= 0.6 is 0 Å². The van der Waals surface area contributed by atoms with Gasteiger partial charge in [-0.15, -0.1) is 5.10 Å². The van der Waals surface area contributed by atoms with Crippen LogP contribution in [0, 0.1) is 0 Å². The number of alkyl halides is 2. The van der Waals surface area contributed by atoms with Gasteiger partial charge in [0.2, 0.25) is 0 Å². The lowest BCUT2D eigenvalue weighted by Crippen LogP contribution is -2.19. The molecule has 1 rings (SSSR count). The predicted octanol–water partition coefficient (Wildman–Crippen LogP) is 1.43. The maximum absolute atomic E-state index is 12.9. The van der Waals surface area contributed by atoms with Crippen molar-refractivity contribution in [1.82, 2.24) is 15.0 Å². The Labute approximate surface area is 103 Å². The van der Waals surface area contributed by atoms with E-state index in [4.69, 9.17) is 4.74 Å². The fraction of sp³-hybridized carbons (Fsp3) is 0.700. The van der Waals surface area contributed by atoms with Crippen LogP contribution in [0.15, 0.2) is 0 Å². The molecule has 8 heteroatoms. The molecule has 0 bridgehead atoms. The van der Waals surface area contributed by atoms with Gasteiger partial charge in [0.25, 0.3) is 6.43 Å². The van der Waals surface area contributed by atoms with E-state index in [-0.39, 0.29) is 19.3 Å².